The van der Waals surface area contributed by atoms with Crippen molar-refractivity contribution < 1.29 is 0 Å². The van der Waals surface area contributed by atoms with Crippen molar-refractivity contribution in [3.63, 3.8) is 0 Å². The van der Waals surface area contributed by atoms with Crippen molar-refractivity contribution in [3.8, 4) is 0 Å². The molecule has 1 N–H and O–H groups in total. The number of aromatic amines is 1. The maximum absolute atomic E-state index is 3.42. The number of piperazine rings is 1. The third-order valence-electron chi connectivity index (χ3n) is 4.37. The summed E-state index contributed by atoms with van der Waals surface area (Å²) in [6.45, 7) is 11.3. The third-order valence-corrected chi connectivity index (χ3v) is 4.37. The molecule has 0 atom stereocenters. The second kappa shape index (κ2) is 4.81. The summed E-state index contributed by atoms with van der Waals surface area (Å²) < 4.78 is 0. The van der Waals surface area contributed by atoms with Gasteiger partial charge in [0, 0.05) is 43.3 Å². The van der Waals surface area contributed by atoms with Gasteiger partial charge in [0.25, 0.3) is 0 Å². The van der Waals surface area contributed by atoms with Crippen LogP contribution < -0.4 is 4.90 Å². The average molecular weight is 271 g/mol. The van der Waals surface area contributed by atoms with E-state index < -0.39 is 0 Å². The Morgan fingerprint density at radius 2 is 1.75 bits per heavy atom. The molecule has 0 amide bonds. The molecule has 2 aromatic rings. The number of nitrogens with zero attached hydrogens (tertiary/aromatic N) is 2. The fourth-order valence-electron chi connectivity index (χ4n) is 2.88. The van der Waals surface area contributed by atoms with Crippen LogP contribution in [0, 0.1) is 0 Å². The highest BCUT2D eigenvalue weighted by Gasteiger charge is 2.19. The summed E-state index contributed by atoms with van der Waals surface area (Å²) in [5.74, 6) is 0. The van der Waals surface area contributed by atoms with Crippen LogP contribution in [0.1, 0.15) is 26.3 Å². The van der Waals surface area contributed by atoms with E-state index in [4.69, 9.17) is 0 Å². The SMILES string of the molecule is CN1CCN(c2c[nH]c3ccc(C(C)(C)C)cc23)CC1. The highest BCUT2D eigenvalue weighted by molar-refractivity contribution is 5.93. The topological polar surface area (TPSA) is 22.3 Å². The molecule has 3 heteroatoms. The number of anilines is 1. The molecule has 0 radical (unpaired) electrons. The molecule has 0 unspecified atom stereocenters. The first-order valence-corrected chi connectivity index (χ1v) is 7.50. The van der Waals surface area contributed by atoms with Crippen molar-refractivity contribution in [1.82, 2.24) is 9.88 Å². The van der Waals surface area contributed by atoms with Crippen LogP contribution in [0.4, 0.5) is 5.69 Å². The Balaban J connectivity index is 1.99. The van der Waals surface area contributed by atoms with Crippen molar-refractivity contribution in [2.45, 2.75) is 26.2 Å². The summed E-state index contributed by atoms with van der Waals surface area (Å²) in [6, 6.07) is 6.82. The van der Waals surface area contributed by atoms with E-state index in [9.17, 15) is 0 Å². The number of hydrogen-bond donors (Lipinski definition) is 1. The zero-order chi connectivity index (χ0) is 14.3. The highest BCUT2D eigenvalue weighted by Crippen LogP contribution is 2.32. The van der Waals surface area contributed by atoms with Gasteiger partial charge in [-0.2, -0.15) is 0 Å². The Morgan fingerprint density at radius 3 is 2.40 bits per heavy atom. The lowest BCUT2D eigenvalue weighted by molar-refractivity contribution is 0.313. The van der Waals surface area contributed by atoms with E-state index in [-0.39, 0.29) is 5.41 Å². The van der Waals surface area contributed by atoms with E-state index in [1.54, 1.807) is 0 Å². The fraction of sp³-hybridized carbons (Fsp3) is 0.529. The van der Waals surface area contributed by atoms with Crippen LogP contribution in [0.25, 0.3) is 10.9 Å². The van der Waals surface area contributed by atoms with Crippen molar-refractivity contribution >= 4 is 16.6 Å². The Bertz CT molecular complexity index is 598. The number of H-pyrrole nitrogens is 1. The number of likely N-dealkylation sites (N-methyl/N-ethyl adjacent to an activating group) is 1. The summed E-state index contributed by atoms with van der Waals surface area (Å²) in [5.41, 5.74) is 4.20. The molecule has 3 nitrogen and oxygen atoms in total. The van der Waals surface area contributed by atoms with E-state index in [0.29, 0.717) is 0 Å². The van der Waals surface area contributed by atoms with Gasteiger partial charge in [-0.1, -0.05) is 26.8 Å². The molecule has 0 bridgehead atoms. The molecule has 2 heterocycles. The van der Waals surface area contributed by atoms with Gasteiger partial charge in [-0.15, -0.1) is 0 Å². The standard InChI is InChI=1S/C17H25N3/c1-17(2,3)13-5-6-15-14(11-13)16(12-18-15)20-9-7-19(4)8-10-20/h5-6,11-12,18H,7-10H2,1-4H3. The van der Waals surface area contributed by atoms with Gasteiger partial charge < -0.3 is 14.8 Å². The predicted octanol–water partition coefficient (Wildman–Crippen LogP) is 3.22. The number of aromatic nitrogens is 1. The van der Waals surface area contributed by atoms with Gasteiger partial charge in [-0.05, 0) is 30.2 Å². The molecule has 20 heavy (non-hydrogen) atoms. The van der Waals surface area contributed by atoms with Crippen LogP contribution in [0.15, 0.2) is 24.4 Å². The quantitative estimate of drug-likeness (QED) is 0.860. The third kappa shape index (κ3) is 2.42. The molecular formula is C17H25N3. The van der Waals surface area contributed by atoms with Crippen molar-refractivity contribution in [2.24, 2.45) is 0 Å². The van der Waals surface area contributed by atoms with Gasteiger partial charge in [-0.3, -0.25) is 0 Å². The molecule has 1 aliphatic rings. The lowest BCUT2D eigenvalue weighted by atomic mass is 9.86. The maximum Gasteiger partial charge on any atom is 0.0624 e. The fourth-order valence-corrected chi connectivity index (χ4v) is 2.88. The lowest BCUT2D eigenvalue weighted by Crippen LogP contribution is -2.44. The minimum atomic E-state index is 0.199. The molecule has 1 aromatic carbocycles. The normalized spacial score (nSPS) is 17.9. The highest BCUT2D eigenvalue weighted by atomic mass is 15.3. The predicted molar refractivity (Wildman–Crippen MR) is 86.7 cm³/mol. The molecule has 3 rings (SSSR count). The molecule has 0 saturated carbocycles. The Kier molecular flexibility index (Phi) is 3.25. The molecule has 0 aliphatic carbocycles. The molecule has 1 fully saturated rings. The van der Waals surface area contributed by atoms with Gasteiger partial charge in [0.2, 0.25) is 0 Å². The summed E-state index contributed by atoms with van der Waals surface area (Å²) in [5, 5.41) is 1.36. The smallest absolute Gasteiger partial charge is 0.0624 e. The Hall–Kier alpha value is -1.48. The van der Waals surface area contributed by atoms with Crippen molar-refractivity contribution in [3.05, 3.63) is 30.0 Å². The second-order valence-electron chi connectivity index (χ2n) is 6.97. The molecule has 1 saturated heterocycles. The number of fused-ring (bicyclic) bond motifs is 1. The molecular weight excluding hydrogens is 246 g/mol. The van der Waals surface area contributed by atoms with Crippen LogP contribution in [-0.4, -0.2) is 43.1 Å². The van der Waals surface area contributed by atoms with Gasteiger partial charge >= 0.3 is 0 Å². The summed E-state index contributed by atoms with van der Waals surface area (Å²) in [7, 11) is 2.20. The zero-order valence-electron chi connectivity index (χ0n) is 13.0. The van der Waals surface area contributed by atoms with E-state index >= 15 is 0 Å². The Labute approximate surface area is 121 Å². The number of hydrogen-bond acceptors (Lipinski definition) is 2. The van der Waals surface area contributed by atoms with E-state index in [1.807, 2.05) is 0 Å². The number of rotatable bonds is 1. The summed E-state index contributed by atoms with van der Waals surface area (Å²) >= 11 is 0. The maximum atomic E-state index is 3.42. The van der Waals surface area contributed by atoms with Gasteiger partial charge in [-0.25, -0.2) is 0 Å². The Morgan fingerprint density at radius 1 is 1.05 bits per heavy atom. The first-order chi connectivity index (χ1) is 9.45. The first-order valence-electron chi connectivity index (χ1n) is 7.50. The largest absolute Gasteiger partial charge is 0.367 e. The van der Waals surface area contributed by atoms with E-state index in [1.165, 1.54) is 22.2 Å². The summed E-state index contributed by atoms with van der Waals surface area (Å²) in [6.07, 6.45) is 2.17. The van der Waals surface area contributed by atoms with Gasteiger partial charge in [0.15, 0.2) is 0 Å². The summed E-state index contributed by atoms with van der Waals surface area (Å²) in [4.78, 5) is 8.32. The van der Waals surface area contributed by atoms with Crippen LogP contribution in [-0.2, 0) is 5.41 Å². The molecule has 1 aliphatic heterocycles. The van der Waals surface area contributed by atoms with Crippen molar-refractivity contribution in [2.75, 3.05) is 38.1 Å². The van der Waals surface area contributed by atoms with Crippen LogP contribution >= 0.6 is 0 Å². The molecule has 1 aromatic heterocycles. The van der Waals surface area contributed by atoms with E-state index in [2.05, 4.69) is 67.0 Å². The average Bonchev–Trinajstić information content (AvgIpc) is 2.81. The number of benzene rings is 1. The molecule has 0 spiro atoms. The monoisotopic (exact) mass is 271 g/mol. The molecule has 108 valence electrons. The van der Waals surface area contributed by atoms with E-state index in [0.717, 1.165) is 26.2 Å². The second-order valence-corrected chi connectivity index (χ2v) is 6.97. The minimum absolute atomic E-state index is 0.199. The van der Waals surface area contributed by atoms with Crippen LogP contribution in [0.3, 0.4) is 0 Å². The van der Waals surface area contributed by atoms with Gasteiger partial charge in [0.1, 0.15) is 0 Å². The lowest BCUT2D eigenvalue weighted by Gasteiger charge is -2.33. The minimum Gasteiger partial charge on any atom is -0.367 e. The van der Waals surface area contributed by atoms with Gasteiger partial charge in [0.05, 0.1) is 5.69 Å². The zero-order valence-corrected chi connectivity index (χ0v) is 13.0. The van der Waals surface area contributed by atoms with Crippen LogP contribution in [0.2, 0.25) is 0 Å². The number of nitrogens with one attached hydrogen (secondary N) is 1. The van der Waals surface area contributed by atoms with Crippen molar-refractivity contribution in [1.29, 1.82) is 0 Å². The first kappa shape index (κ1) is 13.5. The van der Waals surface area contributed by atoms with Crippen LogP contribution in [0.5, 0.6) is 0 Å².